The zero-order valence-electron chi connectivity index (χ0n) is 10.7. The zero-order chi connectivity index (χ0) is 13.8. The SMILES string of the molecule is CN(Cc1ccc(Cl)s1)c1ccc(F)cc1CCN. The second-order valence-corrected chi connectivity index (χ2v) is 6.17. The average molecular weight is 299 g/mol. The third-order valence-corrected chi connectivity index (χ3v) is 4.10. The summed E-state index contributed by atoms with van der Waals surface area (Å²) in [5.74, 6) is -0.222. The van der Waals surface area contributed by atoms with Crippen LogP contribution in [0.4, 0.5) is 10.1 Å². The van der Waals surface area contributed by atoms with Crippen LogP contribution >= 0.6 is 22.9 Å². The Morgan fingerprint density at radius 2 is 2.11 bits per heavy atom. The number of hydrogen-bond donors (Lipinski definition) is 1. The van der Waals surface area contributed by atoms with Crippen molar-refractivity contribution in [1.29, 1.82) is 0 Å². The maximum atomic E-state index is 13.3. The molecule has 0 aliphatic heterocycles. The quantitative estimate of drug-likeness (QED) is 0.912. The zero-order valence-corrected chi connectivity index (χ0v) is 12.3. The van der Waals surface area contributed by atoms with E-state index in [9.17, 15) is 4.39 Å². The van der Waals surface area contributed by atoms with Crippen LogP contribution in [-0.2, 0) is 13.0 Å². The van der Waals surface area contributed by atoms with Gasteiger partial charge in [-0.15, -0.1) is 11.3 Å². The van der Waals surface area contributed by atoms with Crippen LogP contribution < -0.4 is 10.6 Å². The van der Waals surface area contributed by atoms with Crippen LogP contribution in [0.15, 0.2) is 30.3 Å². The molecular weight excluding hydrogens is 283 g/mol. The lowest BCUT2D eigenvalue weighted by atomic mass is 10.1. The molecule has 0 spiro atoms. The van der Waals surface area contributed by atoms with Crippen LogP contribution in [0, 0.1) is 5.82 Å². The average Bonchev–Trinajstić information content (AvgIpc) is 2.75. The molecule has 102 valence electrons. The summed E-state index contributed by atoms with van der Waals surface area (Å²) in [5, 5.41) is 0. The molecule has 19 heavy (non-hydrogen) atoms. The molecule has 0 aliphatic rings. The van der Waals surface area contributed by atoms with Crippen molar-refractivity contribution in [2.45, 2.75) is 13.0 Å². The van der Waals surface area contributed by atoms with Gasteiger partial charge in [-0.3, -0.25) is 0 Å². The van der Waals surface area contributed by atoms with Crippen molar-refractivity contribution >= 4 is 28.6 Å². The molecule has 0 atom stereocenters. The Bertz CT molecular complexity index is 556. The largest absolute Gasteiger partial charge is 0.369 e. The number of halogens is 2. The fraction of sp³-hybridized carbons (Fsp3) is 0.286. The maximum Gasteiger partial charge on any atom is 0.123 e. The molecule has 0 saturated heterocycles. The van der Waals surface area contributed by atoms with Crippen molar-refractivity contribution in [3.63, 3.8) is 0 Å². The summed E-state index contributed by atoms with van der Waals surface area (Å²) in [4.78, 5) is 3.27. The first-order valence-corrected chi connectivity index (χ1v) is 7.23. The Kier molecular flexibility index (Phi) is 4.80. The molecule has 0 aliphatic carbocycles. The topological polar surface area (TPSA) is 29.3 Å². The minimum atomic E-state index is -0.222. The van der Waals surface area contributed by atoms with Gasteiger partial charge in [-0.2, -0.15) is 0 Å². The van der Waals surface area contributed by atoms with E-state index in [0.717, 1.165) is 22.1 Å². The highest BCUT2D eigenvalue weighted by Gasteiger charge is 2.10. The highest BCUT2D eigenvalue weighted by Crippen LogP contribution is 2.26. The standard InChI is InChI=1S/C14H16ClFN2S/c1-18(9-12-3-5-14(15)19-12)13-4-2-11(16)8-10(13)6-7-17/h2-5,8H,6-7,9,17H2,1H3. The molecule has 0 radical (unpaired) electrons. The summed E-state index contributed by atoms with van der Waals surface area (Å²) >= 11 is 7.48. The Hall–Kier alpha value is -1.10. The van der Waals surface area contributed by atoms with Crippen molar-refractivity contribution in [2.75, 3.05) is 18.5 Å². The Morgan fingerprint density at radius 1 is 1.32 bits per heavy atom. The van der Waals surface area contributed by atoms with Gasteiger partial charge in [0.25, 0.3) is 0 Å². The molecule has 5 heteroatoms. The summed E-state index contributed by atoms with van der Waals surface area (Å²) in [6, 6.07) is 8.74. The molecule has 0 fully saturated rings. The second kappa shape index (κ2) is 6.37. The summed E-state index contributed by atoms with van der Waals surface area (Å²) < 4.78 is 14.1. The van der Waals surface area contributed by atoms with Crippen molar-refractivity contribution in [1.82, 2.24) is 0 Å². The van der Waals surface area contributed by atoms with Crippen LogP contribution in [0.25, 0.3) is 0 Å². The van der Waals surface area contributed by atoms with Crippen molar-refractivity contribution in [2.24, 2.45) is 5.73 Å². The predicted molar refractivity (Wildman–Crippen MR) is 80.6 cm³/mol. The van der Waals surface area contributed by atoms with Gasteiger partial charge >= 0.3 is 0 Å². The van der Waals surface area contributed by atoms with Gasteiger partial charge < -0.3 is 10.6 Å². The maximum absolute atomic E-state index is 13.3. The Balaban J connectivity index is 2.20. The summed E-state index contributed by atoms with van der Waals surface area (Å²) in [6.45, 7) is 1.26. The third kappa shape index (κ3) is 3.69. The van der Waals surface area contributed by atoms with Crippen LogP contribution in [0.1, 0.15) is 10.4 Å². The lowest BCUT2D eigenvalue weighted by Gasteiger charge is -2.22. The van der Waals surface area contributed by atoms with E-state index in [-0.39, 0.29) is 5.82 Å². The van der Waals surface area contributed by atoms with E-state index in [1.54, 1.807) is 23.5 Å². The first kappa shape index (κ1) is 14.3. The van der Waals surface area contributed by atoms with Crippen LogP contribution in [-0.4, -0.2) is 13.6 Å². The Labute approximate surface area is 121 Å². The van der Waals surface area contributed by atoms with E-state index in [1.165, 1.54) is 10.9 Å². The molecule has 2 rings (SSSR count). The third-order valence-electron chi connectivity index (χ3n) is 2.89. The van der Waals surface area contributed by atoms with Crippen molar-refractivity contribution in [3.8, 4) is 0 Å². The summed E-state index contributed by atoms with van der Waals surface area (Å²) in [5.41, 5.74) is 7.53. The number of rotatable bonds is 5. The van der Waals surface area contributed by atoms with Gasteiger partial charge in [-0.1, -0.05) is 11.6 Å². The Morgan fingerprint density at radius 3 is 2.74 bits per heavy atom. The van der Waals surface area contributed by atoms with E-state index in [0.29, 0.717) is 13.0 Å². The van der Waals surface area contributed by atoms with E-state index in [2.05, 4.69) is 4.90 Å². The van der Waals surface area contributed by atoms with Crippen LogP contribution in [0.3, 0.4) is 0 Å². The van der Waals surface area contributed by atoms with Gasteiger partial charge in [0.15, 0.2) is 0 Å². The molecule has 0 unspecified atom stereocenters. The minimum absolute atomic E-state index is 0.222. The van der Waals surface area contributed by atoms with Crippen LogP contribution in [0.2, 0.25) is 4.34 Å². The normalized spacial score (nSPS) is 10.7. The molecule has 2 aromatic rings. The fourth-order valence-corrected chi connectivity index (χ4v) is 3.18. The minimum Gasteiger partial charge on any atom is -0.369 e. The van der Waals surface area contributed by atoms with Gasteiger partial charge in [-0.25, -0.2) is 4.39 Å². The number of nitrogens with zero attached hydrogens (tertiary/aromatic N) is 1. The molecule has 2 N–H and O–H groups in total. The lowest BCUT2D eigenvalue weighted by Crippen LogP contribution is -2.18. The lowest BCUT2D eigenvalue weighted by molar-refractivity contribution is 0.625. The van der Waals surface area contributed by atoms with Crippen LogP contribution in [0.5, 0.6) is 0 Å². The molecule has 2 nitrogen and oxygen atoms in total. The van der Waals surface area contributed by atoms with Crippen molar-refractivity contribution < 1.29 is 4.39 Å². The highest BCUT2D eigenvalue weighted by atomic mass is 35.5. The van der Waals surface area contributed by atoms with E-state index in [1.807, 2.05) is 19.2 Å². The summed E-state index contributed by atoms with van der Waals surface area (Å²) in [6.07, 6.45) is 0.669. The molecular formula is C14H16ClFN2S. The highest BCUT2D eigenvalue weighted by molar-refractivity contribution is 7.16. The van der Waals surface area contributed by atoms with Gasteiger partial charge in [0.1, 0.15) is 5.82 Å². The monoisotopic (exact) mass is 298 g/mol. The first-order valence-electron chi connectivity index (χ1n) is 6.04. The van der Waals surface area contributed by atoms with E-state index in [4.69, 9.17) is 17.3 Å². The summed E-state index contributed by atoms with van der Waals surface area (Å²) in [7, 11) is 1.99. The van der Waals surface area contributed by atoms with Gasteiger partial charge in [0, 0.05) is 17.6 Å². The van der Waals surface area contributed by atoms with E-state index < -0.39 is 0 Å². The second-order valence-electron chi connectivity index (χ2n) is 4.37. The van der Waals surface area contributed by atoms with Gasteiger partial charge in [-0.05, 0) is 48.9 Å². The number of benzene rings is 1. The molecule has 0 saturated carbocycles. The fourth-order valence-electron chi connectivity index (χ4n) is 2.04. The number of nitrogens with two attached hydrogens (primary N) is 1. The van der Waals surface area contributed by atoms with Gasteiger partial charge in [0.2, 0.25) is 0 Å². The number of thiophene rings is 1. The molecule has 1 aromatic carbocycles. The number of anilines is 1. The smallest absolute Gasteiger partial charge is 0.123 e. The van der Waals surface area contributed by atoms with E-state index >= 15 is 0 Å². The van der Waals surface area contributed by atoms with Crippen molar-refractivity contribution in [3.05, 3.63) is 50.9 Å². The number of hydrogen-bond acceptors (Lipinski definition) is 3. The molecule has 0 bridgehead atoms. The predicted octanol–water partition coefficient (Wildman–Crippen LogP) is 3.68. The first-order chi connectivity index (χ1) is 9.10. The molecule has 1 aromatic heterocycles. The molecule has 1 heterocycles. The molecule has 0 amide bonds. The van der Waals surface area contributed by atoms with Gasteiger partial charge in [0.05, 0.1) is 10.9 Å².